The van der Waals surface area contributed by atoms with Crippen LogP contribution in [0.1, 0.15) is 21.7 Å². The highest BCUT2D eigenvalue weighted by molar-refractivity contribution is 9.10. The lowest BCUT2D eigenvalue weighted by Gasteiger charge is -2.00. The fraction of sp³-hybridized carbons (Fsp3) is 0.182. The van der Waals surface area contributed by atoms with Crippen LogP contribution in [0.4, 0.5) is 0 Å². The van der Waals surface area contributed by atoms with Gasteiger partial charge in [0.2, 0.25) is 0 Å². The summed E-state index contributed by atoms with van der Waals surface area (Å²) in [6.07, 6.45) is 3.21. The van der Waals surface area contributed by atoms with Gasteiger partial charge in [0.25, 0.3) is 0 Å². The highest BCUT2D eigenvalue weighted by Gasteiger charge is 2.11. The first-order valence-corrected chi connectivity index (χ1v) is 5.73. The van der Waals surface area contributed by atoms with Gasteiger partial charge in [-0.2, -0.15) is 5.10 Å². The zero-order valence-electron chi connectivity index (χ0n) is 9.09. The highest BCUT2D eigenvalue weighted by Crippen LogP contribution is 2.10. The van der Waals surface area contributed by atoms with Crippen molar-refractivity contribution in [2.75, 3.05) is 0 Å². The molecule has 1 N–H and O–H groups in total. The van der Waals surface area contributed by atoms with Gasteiger partial charge in [0.05, 0.1) is 17.9 Å². The van der Waals surface area contributed by atoms with Gasteiger partial charge in [-0.1, -0.05) is 0 Å². The second-order valence-corrected chi connectivity index (χ2v) is 4.51. The molecule has 0 aliphatic rings. The molecule has 2 heterocycles. The molecule has 0 aliphatic heterocycles. The molecular formula is C11H10BrN3O2. The highest BCUT2D eigenvalue weighted by atomic mass is 79.9. The quantitative estimate of drug-likeness (QED) is 0.941. The van der Waals surface area contributed by atoms with Gasteiger partial charge in [0.15, 0.2) is 0 Å². The van der Waals surface area contributed by atoms with E-state index in [1.807, 2.05) is 12.1 Å². The number of rotatable bonds is 3. The molecule has 0 atom stereocenters. The van der Waals surface area contributed by atoms with Gasteiger partial charge in [-0.3, -0.25) is 9.67 Å². The van der Waals surface area contributed by atoms with Crippen molar-refractivity contribution in [1.82, 2.24) is 14.8 Å². The molecule has 0 aromatic carbocycles. The monoisotopic (exact) mass is 295 g/mol. The maximum atomic E-state index is 10.9. The van der Waals surface area contributed by atoms with Crippen LogP contribution < -0.4 is 0 Å². The van der Waals surface area contributed by atoms with Crippen LogP contribution in [-0.4, -0.2) is 25.8 Å². The van der Waals surface area contributed by atoms with Crippen LogP contribution >= 0.6 is 15.9 Å². The van der Waals surface area contributed by atoms with Crippen molar-refractivity contribution in [3.63, 3.8) is 0 Å². The van der Waals surface area contributed by atoms with Crippen molar-refractivity contribution in [3.05, 3.63) is 46.0 Å². The van der Waals surface area contributed by atoms with Crippen LogP contribution in [0, 0.1) is 6.92 Å². The van der Waals surface area contributed by atoms with Crippen LogP contribution in [-0.2, 0) is 6.54 Å². The smallest absolute Gasteiger partial charge is 0.339 e. The lowest BCUT2D eigenvalue weighted by molar-refractivity contribution is 0.0696. The maximum absolute atomic E-state index is 10.9. The maximum Gasteiger partial charge on any atom is 0.339 e. The Labute approximate surface area is 106 Å². The van der Waals surface area contributed by atoms with Crippen molar-refractivity contribution in [2.45, 2.75) is 13.5 Å². The summed E-state index contributed by atoms with van der Waals surface area (Å²) in [7, 11) is 0. The van der Waals surface area contributed by atoms with Crippen LogP contribution in [0.5, 0.6) is 0 Å². The first-order chi connectivity index (χ1) is 8.06. The summed E-state index contributed by atoms with van der Waals surface area (Å²) < 4.78 is 2.48. The SMILES string of the molecule is Cc1nn(Cc2ccc(Br)cn2)cc1C(=O)O. The number of carboxylic acid groups (broad SMARTS) is 1. The van der Waals surface area contributed by atoms with Gasteiger partial charge in [0.1, 0.15) is 5.56 Å². The summed E-state index contributed by atoms with van der Waals surface area (Å²) in [6.45, 7) is 2.14. The molecule has 0 amide bonds. The Morgan fingerprint density at radius 2 is 2.29 bits per heavy atom. The summed E-state index contributed by atoms with van der Waals surface area (Å²) in [5, 5.41) is 13.0. The van der Waals surface area contributed by atoms with Crippen molar-refractivity contribution >= 4 is 21.9 Å². The van der Waals surface area contributed by atoms with E-state index in [0.29, 0.717) is 12.2 Å². The molecule has 0 bridgehead atoms. The molecule has 5 nitrogen and oxygen atoms in total. The van der Waals surface area contributed by atoms with E-state index in [0.717, 1.165) is 10.2 Å². The number of carbonyl (C=O) groups is 1. The summed E-state index contributed by atoms with van der Waals surface area (Å²) in [6, 6.07) is 3.75. The molecule has 2 aromatic heterocycles. The van der Waals surface area contributed by atoms with E-state index < -0.39 is 5.97 Å². The number of aromatic nitrogens is 3. The standard InChI is InChI=1S/C11H10BrN3O2/c1-7-10(11(16)17)6-15(14-7)5-9-3-2-8(12)4-13-9/h2-4,6H,5H2,1H3,(H,16,17). The first kappa shape index (κ1) is 11.8. The largest absolute Gasteiger partial charge is 0.478 e. The van der Waals surface area contributed by atoms with E-state index in [1.165, 1.54) is 6.20 Å². The molecule has 0 radical (unpaired) electrons. The number of pyridine rings is 1. The third kappa shape index (κ3) is 2.71. The molecule has 88 valence electrons. The third-order valence-electron chi connectivity index (χ3n) is 2.29. The predicted octanol–water partition coefficient (Wildman–Crippen LogP) is 2.10. The Bertz CT molecular complexity index is 548. The second kappa shape index (κ2) is 4.67. The molecule has 2 rings (SSSR count). The van der Waals surface area contributed by atoms with Crippen LogP contribution in [0.15, 0.2) is 29.0 Å². The number of halogens is 1. The average Bonchev–Trinajstić information content (AvgIpc) is 2.63. The van der Waals surface area contributed by atoms with Gasteiger partial charge in [-0.25, -0.2) is 4.79 Å². The molecule has 0 saturated carbocycles. The lowest BCUT2D eigenvalue weighted by Crippen LogP contribution is -2.02. The number of hydrogen-bond donors (Lipinski definition) is 1. The van der Waals surface area contributed by atoms with E-state index in [-0.39, 0.29) is 5.56 Å². The first-order valence-electron chi connectivity index (χ1n) is 4.94. The molecule has 17 heavy (non-hydrogen) atoms. The number of carboxylic acids is 1. The van der Waals surface area contributed by atoms with Crippen molar-refractivity contribution < 1.29 is 9.90 Å². The fourth-order valence-electron chi connectivity index (χ4n) is 1.47. The lowest BCUT2D eigenvalue weighted by atomic mass is 10.3. The number of aryl methyl sites for hydroxylation is 1. The fourth-order valence-corrected chi connectivity index (χ4v) is 1.71. The molecule has 2 aromatic rings. The number of hydrogen-bond acceptors (Lipinski definition) is 3. The van der Waals surface area contributed by atoms with Crippen molar-refractivity contribution in [3.8, 4) is 0 Å². The molecular weight excluding hydrogens is 286 g/mol. The minimum Gasteiger partial charge on any atom is -0.478 e. The van der Waals surface area contributed by atoms with Gasteiger partial charge in [-0.15, -0.1) is 0 Å². The molecule has 0 fully saturated rings. The molecule has 6 heteroatoms. The molecule has 0 unspecified atom stereocenters. The van der Waals surface area contributed by atoms with Crippen LogP contribution in [0.2, 0.25) is 0 Å². The zero-order valence-corrected chi connectivity index (χ0v) is 10.7. The summed E-state index contributed by atoms with van der Waals surface area (Å²) >= 11 is 3.30. The Morgan fingerprint density at radius 1 is 1.53 bits per heavy atom. The van der Waals surface area contributed by atoms with E-state index in [9.17, 15) is 4.79 Å². The van der Waals surface area contributed by atoms with Gasteiger partial charge in [-0.05, 0) is 35.0 Å². The van der Waals surface area contributed by atoms with E-state index in [2.05, 4.69) is 26.0 Å². The summed E-state index contributed by atoms with van der Waals surface area (Å²) in [5.41, 5.74) is 1.56. The van der Waals surface area contributed by atoms with Crippen LogP contribution in [0.25, 0.3) is 0 Å². The Balaban J connectivity index is 2.22. The normalized spacial score (nSPS) is 10.5. The topological polar surface area (TPSA) is 68.0 Å². The Hall–Kier alpha value is -1.69. The molecule has 0 saturated heterocycles. The van der Waals surface area contributed by atoms with E-state index in [1.54, 1.807) is 17.8 Å². The van der Waals surface area contributed by atoms with Crippen LogP contribution in [0.3, 0.4) is 0 Å². The summed E-state index contributed by atoms with van der Waals surface area (Å²) in [5.74, 6) is -0.961. The second-order valence-electron chi connectivity index (χ2n) is 3.60. The average molecular weight is 296 g/mol. The molecule has 0 spiro atoms. The number of aromatic carboxylic acids is 1. The van der Waals surface area contributed by atoms with Gasteiger partial charge in [0, 0.05) is 16.9 Å². The zero-order chi connectivity index (χ0) is 12.4. The summed E-state index contributed by atoms with van der Waals surface area (Å²) in [4.78, 5) is 15.1. The minimum absolute atomic E-state index is 0.224. The third-order valence-corrected chi connectivity index (χ3v) is 2.76. The van der Waals surface area contributed by atoms with E-state index in [4.69, 9.17) is 5.11 Å². The number of nitrogens with zero attached hydrogens (tertiary/aromatic N) is 3. The minimum atomic E-state index is -0.961. The Morgan fingerprint density at radius 3 is 2.82 bits per heavy atom. The van der Waals surface area contributed by atoms with Gasteiger partial charge >= 0.3 is 5.97 Å². The van der Waals surface area contributed by atoms with E-state index >= 15 is 0 Å². The molecule has 0 aliphatic carbocycles. The Kier molecular flexibility index (Phi) is 3.23. The van der Waals surface area contributed by atoms with Gasteiger partial charge < -0.3 is 5.11 Å². The van der Waals surface area contributed by atoms with Crippen molar-refractivity contribution in [1.29, 1.82) is 0 Å². The predicted molar refractivity (Wildman–Crippen MR) is 65.0 cm³/mol. The van der Waals surface area contributed by atoms with Crippen molar-refractivity contribution in [2.24, 2.45) is 0 Å².